The number of aliphatic hydroxyl groups is 1. The topological polar surface area (TPSA) is 106 Å². The normalized spacial score (nSPS) is 14.8. The summed E-state index contributed by atoms with van der Waals surface area (Å²) in [5.41, 5.74) is 0.0310. The zero-order chi connectivity index (χ0) is 26.9. The highest BCUT2D eigenvalue weighted by atomic mass is 35.5. The lowest BCUT2D eigenvalue weighted by Crippen LogP contribution is -2.39. The van der Waals surface area contributed by atoms with Crippen molar-refractivity contribution in [3.05, 3.63) is 29.3 Å². The summed E-state index contributed by atoms with van der Waals surface area (Å²) in [6, 6.07) is 6.99. The molecule has 1 N–H and O–H groups in total. The molecular formula is C25H41ClN2O7. The lowest BCUT2D eigenvalue weighted by molar-refractivity contribution is -0.172. The zero-order valence-corrected chi connectivity index (χ0v) is 22.5. The number of hydrogen-bond acceptors (Lipinski definition) is 7. The number of benzene rings is 1. The molecule has 0 saturated carbocycles. The molecule has 2 amide bonds. The third-order valence-electron chi connectivity index (χ3n) is 4.48. The van der Waals surface area contributed by atoms with Crippen LogP contribution >= 0.6 is 11.6 Å². The Morgan fingerprint density at radius 2 is 1.89 bits per heavy atom. The fourth-order valence-electron chi connectivity index (χ4n) is 2.73. The van der Waals surface area contributed by atoms with Crippen molar-refractivity contribution in [1.29, 1.82) is 0 Å². The lowest BCUT2D eigenvalue weighted by atomic mass is 10.1. The Morgan fingerprint density at radius 1 is 1.26 bits per heavy atom. The summed E-state index contributed by atoms with van der Waals surface area (Å²) >= 11 is 5.92. The predicted molar refractivity (Wildman–Crippen MR) is 137 cm³/mol. The van der Waals surface area contributed by atoms with E-state index in [0.29, 0.717) is 36.9 Å². The molecule has 1 aliphatic heterocycles. The van der Waals surface area contributed by atoms with Crippen LogP contribution in [0.1, 0.15) is 48.0 Å². The molecule has 35 heavy (non-hydrogen) atoms. The number of rotatable bonds is 10. The average Bonchev–Trinajstić information content (AvgIpc) is 2.84. The van der Waals surface area contributed by atoms with Crippen LogP contribution in [0, 0.1) is 0 Å². The summed E-state index contributed by atoms with van der Waals surface area (Å²) in [7, 11) is 0. The number of aliphatic hydroxyl groups excluding tert-OH is 1. The quantitative estimate of drug-likeness (QED) is 0.289. The first-order chi connectivity index (χ1) is 16.6. The Morgan fingerprint density at radius 3 is 2.37 bits per heavy atom. The number of ether oxygens (including phenoxy) is 3. The minimum Gasteiger partial charge on any atom is -0.458 e. The molecule has 1 aromatic rings. The van der Waals surface area contributed by atoms with Gasteiger partial charge in [0, 0.05) is 37.0 Å². The highest BCUT2D eigenvalue weighted by molar-refractivity contribution is 6.30. The van der Waals surface area contributed by atoms with Crippen molar-refractivity contribution in [1.82, 2.24) is 4.90 Å². The van der Waals surface area contributed by atoms with E-state index in [1.165, 1.54) is 4.90 Å². The number of anilines is 1. The molecule has 2 rings (SSSR count). The van der Waals surface area contributed by atoms with Gasteiger partial charge >= 0.3 is 5.97 Å². The van der Waals surface area contributed by atoms with Crippen LogP contribution in [-0.2, 0) is 28.6 Å². The molecule has 0 aliphatic carbocycles. The second-order valence-corrected chi connectivity index (χ2v) is 8.88. The molecule has 200 valence electrons. The van der Waals surface area contributed by atoms with Gasteiger partial charge in [-0.2, -0.15) is 0 Å². The fourth-order valence-corrected chi connectivity index (χ4v) is 2.91. The number of carbonyl (C=O) groups excluding carboxylic acids is 3. The van der Waals surface area contributed by atoms with E-state index in [1.807, 2.05) is 13.8 Å². The first kappa shape index (κ1) is 32.8. The first-order valence-electron chi connectivity index (χ1n) is 11.8. The molecule has 1 heterocycles. The third-order valence-corrected chi connectivity index (χ3v) is 4.71. The molecule has 0 spiro atoms. The third kappa shape index (κ3) is 14.7. The molecule has 0 unspecified atom stereocenters. The smallest absolute Gasteiger partial charge is 0.338 e. The van der Waals surface area contributed by atoms with E-state index in [9.17, 15) is 19.5 Å². The van der Waals surface area contributed by atoms with Crippen molar-refractivity contribution in [3.8, 4) is 0 Å². The summed E-state index contributed by atoms with van der Waals surface area (Å²) in [6.45, 7) is 14.4. The Hall–Kier alpha value is -2.20. The van der Waals surface area contributed by atoms with E-state index in [4.69, 9.17) is 25.8 Å². The van der Waals surface area contributed by atoms with E-state index in [0.717, 1.165) is 25.9 Å². The van der Waals surface area contributed by atoms with Crippen LogP contribution in [0.3, 0.4) is 0 Å². The lowest BCUT2D eigenvalue weighted by Gasteiger charge is -2.24. The molecule has 1 aromatic carbocycles. The zero-order valence-electron chi connectivity index (χ0n) is 21.7. The molecule has 1 aliphatic rings. The molecule has 1 saturated heterocycles. The number of carbonyl (C=O) groups is 3. The van der Waals surface area contributed by atoms with Crippen LogP contribution in [0.4, 0.5) is 5.69 Å². The van der Waals surface area contributed by atoms with Gasteiger partial charge in [-0.25, -0.2) is 4.79 Å². The van der Waals surface area contributed by atoms with Crippen LogP contribution in [0.15, 0.2) is 24.3 Å². The molecule has 1 fully saturated rings. The largest absolute Gasteiger partial charge is 0.458 e. The molecular weight excluding hydrogens is 476 g/mol. The van der Waals surface area contributed by atoms with E-state index >= 15 is 0 Å². The molecule has 2 atom stereocenters. The Kier molecular flexibility index (Phi) is 17.0. The summed E-state index contributed by atoms with van der Waals surface area (Å²) in [5, 5.41) is 10.5. The van der Waals surface area contributed by atoms with E-state index in [-0.39, 0.29) is 6.61 Å². The standard InChI is InChI=1S/C18H26ClNO5.C5H9NO2.C2H6/c1-13(16(22)17(23)25-18(2,3)4)24-10-6-9-20(12-21)15-8-5-7-14(19)11-15;7-5-6-1-3-8-4-2-6;1-2/h5,7-8,11-13,16,22H,6,9-10H2,1-4H3;5H,1-4H2;1-2H3/t13-,16+;;/m0../s1. The number of amides is 2. The van der Waals surface area contributed by atoms with E-state index in [2.05, 4.69) is 0 Å². The maximum Gasteiger partial charge on any atom is 0.338 e. The van der Waals surface area contributed by atoms with Crippen LogP contribution in [-0.4, -0.2) is 86.1 Å². The first-order valence-corrected chi connectivity index (χ1v) is 12.2. The van der Waals surface area contributed by atoms with Gasteiger partial charge in [0.25, 0.3) is 0 Å². The highest BCUT2D eigenvalue weighted by Gasteiger charge is 2.28. The monoisotopic (exact) mass is 516 g/mol. The van der Waals surface area contributed by atoms with Gasteiger partial charge in [-0.3, -0.25) is 9.59 Å². The van der Waals surface area contributed by atoms with Crippen molar-refractivity contribution in [3.63, 3.8) is 0 Å². The molecule has 0 bridgehead atoms. The summed E-state index contributed by atoms with van der Waals surface area (Å²) in [5.74, 6) is -0.714. The summed E-state index contributed by atoms with van der Waals surface area (Å²) in [4.78, 5) is 36.3. The van der Waals surface area contributed by atoms with Gasteiger partial charge in [0.2, 0.25) is 12.8 Å². The second kappa shape index (κ2) is 18.1. The van der Waals surface area contributed by atoms with Gasteiger partial charge in [-0.1, -0.05) is 31.5 Å². The average molecular weight is 517 g/mol. The minimum atomic E-state index is -1.35. The van der Waals surface area contributed by atoms with E-state index in [1.54, 1.807) is 56.9 Å². The Bertz CT molecular complexity index is 737. The fraction of sp³-hybridized carbons (Fsp3) is 0.640. The van der Waals surface area contributed by atoms with Gasteiger partial charge in [-0.05, 0) is 52.3 Å². The van der Waals surface area contributed by atoms with Gasteiger partial charge < -0.3 is 29.1 Å². The number of hydrogen-bond donors (Lipinski definition) is 1. The predicted octanol–water partition coefficient (Wildman–Crippen LogP) is 3.30. The van der Waals surface area contributed by atoms with Crippen LogP contribution in [0.25, 0.3) is 0 Å². The van der Waals surface area contributed by atoms with Crippen molar-refractivity contribution in [2.45, 2.75) is 65.8 Å². The summed E-state index contributed by atoms with van der Waals surface area (Å²) in [6.07, 6.45) is 0.0732. The number of morpholine rings is 1. The molecule has 10 heteroatoms. The maximum atomic E-state index is 11.8. The number of esters is 1. The van der Waals surface area contributed by atoms with Crippen LogP contribution in [0.2, 0.25) is 5.02 Å². The molecule has 0 radical (unpaired) electrons. The Balaban J connectivity index is 0.000000961. The van der Waals surface area contributed by atoms with Gasteiger partial charge in [0.15, 0.2) is 6.10 Å². The second-order valence-electron chi connectivity index (χ2n) is 8.44. The SMILES string of the molecule is CC.C[C@H](OCCCN(C=O)c1cccc(Cl)c1)[C@@H](O)C(=O)OC(C)(C)C.O=CN1CCOCC1. The van der Waals surface area contributed by atoms with Crippen molar-refractivity contribution in [2.24, 2.45) is 0 Å². The van der Waals surface area contributed by atoms with Crippen molar-refractivity contribution < 1.29 is 33.7 Å². The highest BCUT2D eigenvalue weighted by Crippen LogP contribution is 2.18. The molecule has 9 nitrogen and oxygen atoms in total. The van der Waals surface area contributed by atoms with Gasteiger partial charge in [0.05, 0.1) is 19.3 Å². The van der Waals surface area contributed by atoms with Crippen molar-refractivity contribution >= 4 is 36.1 Å². The van der Waals surface area contributed by atoms with Gasteiger partial charge in [-0.15, -0.1) is 0 Å². The maximum absolute atomic E-state index is 11.8. The van der Waals surface area contributed by atoms with Crippen molar-refractivity contribution in [2.75, 3.05) is 44.4 Å². The molecule has 0 aromatic heterocycles. The van der Waals surface area contributed by atoms with E-state index < -0.39 is 23.8 Å². The minimum absolute atomic E-state index is 0.284. The Labute approximate surface area is 214 Å². The summed E-state index contributed by atoms with van der Waals surface area (Å²) < 4.78 is 15.6. The van der Waals surface area contributed by atoms with Crippen LogP contribution in [0.5, 0.6) is 0 Å². The number of halogens is 1. The van der Waals surface area contributed by atoms with Gasteiger partial charge in [0.1, 0.15) is 5.60 Å². The number of nitrogens with zero attached hydrogens (tertiary/aromatic N) is 2. The van der Waals surface area contributed by atoms with Crippen LogP contribution < -0.4 is 4.90 Å².